The fourth-order valence-electron chi connectivity index (χ4n) is 1.72. The topological polar surface area (TPSA) is 122 Å². The fraction of sp³-hybridized carbons (Fsp3) is 0.200. The molecule has 0 atom stereocenters. The monoisotopic (exact) mass is 410 g/mol. The van der Waals surface area contributed by atoms with Crippen LogP contribution in [0.2, 0.25) is 0 Å². The van der Waals surface area contributed by atoms with E-state index in [1.54, 1.807) is 0 Å². The van der Waals surface area contributed by atoms with Crippen molar-refractivity contribution in [3.8, 4) is 11.8 Å². The van der Waals surface area contributed by atoms with Gasteiger partial charge >= 0.3 is 10.1 Å². The van der Waals surface area contributed by atoms with E-state index >= 15 is 0 Å². The van der Waals surface area contributed by atoms with Gasteiger partial charge in [-0.05, 0) is 29.5 Å². The summed E-state index contributed by atoms with van der Waals surface area (Å²) >= 11 is 2.48. The number of nitrogens with zero attached hydrogens (tertiary/aromatic N) is 3. The van der Waals surface area contributed by atoms with Crippen LogP contribution in [-0.2, 0) is 14.9 Å². The van der Waals surface area contributed by atoms with Gasteiger partial charge in [0.2, 0.25) is 10.3 Å². The summed E-state index contributed by atoms with van der Waals surface area (Å²) in [6.07, 6.45) is 2.32. The zero-order valence-corrected chi connectivity index (χ0v) is 16.2. The lowest BCUT2D eigenvalue weighted by Gasteiger charge is -2.03. The van der Waals surface area contributed by atoms with E-state index in [2.05, 4.69) is 14.7 Å². The first-order valence-corrected chi connectivity index (χ1v) is 10.8. The Balaban J connectivity index is 2.10. The lowest BCUT2D eigenvalue weighted by molar-refractivity contribution is -0.112. The molecule has 1 heterocycles. The number of rotatable bonds is 7. The highest BCUT2D eigenvalue weighted by molar-refractivity contribution is 7.99. The zero-order chi connectivity index (χ0) is 19.2. The molecule has 0 saturated heterocycles. The number of hydrogen-bond acceptors (Lipinski definition) is 9. The van der Waals surface area contributed by atoms with Crippen LogP contribution >= 0.6 is 23.3 Å². The number of aromatic nitrogens is 2. The van der Waals surface area contributed by atoms with E-state index in [1.165, 1.54) is 42.1 Å². The van der Waals surface area contributed by atoms with Gasteiger partial charge in [-0.1, -0.05) is 30.8 Å². The molecule has 1 aromatic carbocycles. The van der Waals surface area contributed by atoms with E-state index in [-0.39, 0.29) is 11.3 Å². The second-order valence-corrected chi connectivity index (χ2v) is 8.35. The first-order valence-electron chi connectivity index (χ1n) is 7.20. The van der Waals surface area contributed by atoms with Crippen molar-refractivity contribution >= 4 is 50.5 Å². The highest BCUT2D eigenvalue weighted by Crippen LogP contribution is 2.21. The summed E-state index contributed by atoms with van der Waals surface area (Å²) < 4.78 is 31.0. The van der Waals surface area contributed by atoms with Crippen LogP contribution in [0.25, 0.3) is 6.08 Å². The van der Waals surface area contributed by atoms with Crippen molar-refractivity contribution in [2.45, 2.75) is 12.1 Å². The lowest BCUT2D eigenvalue weighted by atomic mass is 10.1. The molecule has 0 radical (unpaired) electrons. The van der Waals surface area contributed by atoms with Crippen LogP contribution in [0.15, 0.2) is 35.0 Å². The quantitative estimate of drug-likeness (QED) is 0.320. The van der Waals surface area contributed by atoms with Crippen LogP contribution in [-0.4, -0.2) is 35.7 Å². The molecule has 11 heteroatoms. The van der Waals surface area contributed by atoms with Crippen molar-refractivity contribution in [2.24, 2.45) is 0 Å². The number of benzene rings is 1. The van der Waals surface area contributed by atoms with Crippen molar-refractivity contribution in [3.63, 3.8) is 0 Å². The number of carbonyl (C=O) groups excluding carboxylic acids is 1. The fourth-order valence-corrected chi connectivity index (χ4v) is 3.45. The second-order valence-electron chi connectivity index (χ2n) is 4.80. The maximum absolute atomic E-state index is 12.2. The molecule has 2 rings (SSSR count). The molecule has 136 valence electrons. The van der Waals surface area contributed by atoms with Crippen molar-refractivity contribution in [2.75, 3.05) is 17.3 Å². The minimum Gasteiger partial charge on any atom is -0.383 e. The molecule has 0 unspecified atom stereocenters. The predicted octanol–water partition coefficient (Wildman–Crippen LogP) is 2.53. The standard InChI is InChI=1S/C15H14N4O4S3/c1-3-24-15-18-14(25-19-15)17-13(20)11(9-16)8-10-4-6-12(7-5-10)23-26(2,21)22/h4-8H,3H2,1-2H3,(H,17,18,19,20)/b11-8-. The predicted molar refractivity (Wildman–Crippen MR) is 100 cm³/mol. The van der Waals surface area contributed by atoms with Gasteiger partial charge in [0.05, 0.1) is 6.26 Å². The van der Waals surface area contributed by atoms with Gasteiger partial charge in [0.25, 0.3) is 5.91 Å². The third-order valence-corrected chi connectivity index (χ3v) is 4.68. The molecule has 1 N–H and O–H groups in total. The lowest BCUT2D eigenvalue weighted by Crippen LogP contribution is -2.13. The van der Waals surface area contributed by atoms with E-state index < -0.39 is 16.0 Å². The molecule has 0 fully saturated rings. The minimum absolute atomic E-state index is 0.123. The van der Waals surface area contributed by atoms with Gasteiger partial charge in [0, 0.05) is 11.5 Å². The molecule has 0 aliphatic rings. The van der Waals surface area contributed by atoms with E-state index in [0.717, 1.165) is 23.5 Å². The van der Waals surface area contributed by atoms with Gasteiger partial charge in [0.1, 0.15) is 17.4 Å². The van der Waals surface area contributed by atoms with Gasteiger partial charge in [-0.15, -0.1) is 0 Å². The van der Waals surface area contributed by atoms with Crippen LogP contribution in [0.5, 0.6) is 5.75 Å². The van der Waals surface area contributed by atoms with Crippen LogP contribution in [0, 0.1) is 11.3 Å². The third kappa shape index (κ3) is 6.14. The summed E-state index contributed by atoms with van der Waals surface area (Å²) in [5.74, 6) is 0.350. The maximum Gasteiger partial charge on any atom is 0.306 e. The van der Waals surface area contributed by atoms with Crippen LogP contribution in [0.1, 0.15) is 12.5 Å². The van der Waals surface area contributed by atoms with Crippen LogP contribution < -0.4 is 9.50 Å². The highest BCUT2D eigenvalue weighted by Gasteiger charge is 2.13. The molecular formula is C15H14N4O4S3. The largest absolute Gasteiger partial charge is 0.383 e. The van der Waals surface area contributed by atoms with E-state index in [4.69, 9.17) is 4.18 Å². The molecule has 2 aromatic rings. The van der Waals surface area contributed by atoms with Crippen molar-refractivity contribution < 1.29 is 17.4 Å². The number of anilines is 1. The minimum atomic E-state index is -3.61. The van der Waals surface area contributed by atoms with Gasteiger partial charge in [-0.3, -0.25) is 10.1 Å². The van der Waals surface area contributed by atoms with E-state index in [9.17, 15) is 18.5 Å². The molecule has 1 aromatic heterocycles. The number of amides is 1. The summed E-state index contributed by atoms with van der Waals surface area (Å²) in [6.45, 7) is 1.96. The molecular weight excluding hydrogens is 396 g/mol. The Labute approximate surface area is 159 Å². The number of thioether (sulfide) groups is 1. The van der Waals surface area contributed by atoms with E-state index in [1.807, 2.05) is 13.0 Å². The van der Waals surface area contributed by atoms with Crippen LogP contribution in [0.3, 0.4) is 0 Å². The molecule has 0 aliphatic heterocycles. The highest BCUT2D eigenvalue weighted by atomic mass is 32.2. The molecule has 0 bridgehead atoms. The Bertz CT molecular complexity index is 960. The summed E-state index contributed by atoms with van der Waals surface area (Å²) in [5, 5.41) is 12.6. The van der Waals surface area contributed by atoms with Gasteiger partial charge in [0.15, 0.2) is 0 Å². The van der Waals surface area contributed by atoms with Gasteiger partial charge < -0.3 is 4.18 Å². The Kier molecular flexibility index (Phi) is 6.73. The summed E-state index contributed by atoms with van der Waals surface area (Å²) in [4.78, 5) is 16.3. The Hall–Kier alpha value is -2.42. The molecule has 1 amide bonds. The first-order chi connectivity index (χ1) is 12.3. The summed E-state index contributed by atoms with van der Waals surface area (Å²) in [7, 11) is -3.61. The Morgan fingerprint density at radius 3 is 2.69 bits per heavy atom. The molecule has 0 saturated carbocycles. The summed E-state index contributed by atoms with van der Waals surface area (Å²) in [5.41, 5.74) is 0.415. The smallest absolute Gasteiger partial charge is 0.306 e. The number of nitrogens with one attached hydrogen (secondary N) is 1. The van der Waals surface area contributed by atoms with Gasteiger partial charge in [-0.25, -0.2) is 0 Å². The number of carbonyl (C=O) groups is 1. The molecule has 26 heavy (non-hydrogen) atoms. The normalized spacial score (nSPS) is 11.7. The second kappa shape index (κ2) is 8.79. The Morgan fingerprint density at radius 1 is 1.42 bits per heavy atom. The first kappa shape index (κ1) is 19.9. The van der Waals surface area contributed by atoms with Crippen LogP contribution in [0.4, 0.5) is 5.13 Å². The average Bonchev–Trinajstić information content (AvgIpc) is 3.00. The maximum atomic E-state index is 12.2. The molecule has 0 spiro atoms. The number of nitriles is 1. The molecule has 8 nitrogen and oxygen atoms in total. The summed E-state index contributed by atoms with van der Waals surface area (Å²) in [6, 6.07) is 7.75. The van der Waals surface area contributed by atoms with E-state index in [0.29, 0.717) is 15.9 Å². The zero-order valence-electron chi connectivity index (χ0n) is 13.8. The number of hydrogen-bond donors (Lipinski definition) is 1. The Morgan fingerprint density at radius 2 is 2.12 bits per heavy atom. The van der Waals surface area contributed by atoms with Crippen molar-refractivity contribution in [1.29, 1.82) is 5.26 Å². The third-order valence-electron chi connectivity index (χ3n) is 2.71. The SMILES string of the molecule is CCSc1nsc(NC(=O)/C(C#N)=C\c2ccc(OS(C)(=O)=O)cc2)n1. The van der Waals surface area contributed by atoms with Crippen molar-refractivity contribution in [1.82, 2.24) is 9.36 Å². The molecule has 0 aliphatic carbocycles. The van der Waals surface area contributed by atoms with Crippen molar-refractivity contribution in [3.05, 3.63) is 35.4 Å². The van der Waals surface area contributed by atoms with Gasteiger partial charge in [-0.2, -0.15) is 23.0 Å². The average molecular weight is 411 g/mol.